The van der Waals surface area contributed by atoms with E-state index in [1.807, 2.05) is 17.9 Å². The number of Topliss-reactive ketones (excluding diaryl/α,β-unsaturated/α-hetero) is 1. The Morgan fingerprint density at radius 1 is 0.887 bits per heavy atom. The van der Waals surface area contributed by atoms with E-state index in [0.29, 0.717) is 44.2 Å². The lowest BCUT2D eigenvalue weighted by molar-refractivity contribution is -0.177. The highest BCUT2D eigenvalue weighted by atomic mass is 19.4. The summed E-state index contributed by atoms with van der Waals surface area (Å²) in [6.45, 7) is 7.27. The van der Waals surface area contributed by atoms with Gasteiger partial charge < -0.3 is 19.8 Å². The van der Waals surface area contributed by atoms with Crippen LogP contribution in [-0.4, -0.2) is 58.4 Å². The van der Waals surface area contributed by atoms with E-state index in [9.17, 15) is 33.0 Å². The maximum atomic E-state index is 14.9. The largest absolute Gasteiger partial charge is 0.450 e. The number of benzene rings is 1. The highest BCUT2D eigenvalue weighted by molar-refractivity contribution is 6.10. The van der Waals surface area contributed by atoms with Crippen molar-refractivity contribution in [2.45, 2.75) is 122 Å². The summed E-state index contributed by atoms with van der Waals surface area (Å²) in [5.74, 6) is 1.58. The predicted octanol–water partition coefficient (Wildman–Crippen LogP) is 9.15. The molecule has 0 saturated heterocycles. The maximum absolute atomic E-state index is 14.9. The number of ketones is 1. The van der Waals surface area contributed by atoms with E-state index in [2.05, 4.69) is 26.0 Å². The number of nitrogens with zero attached hydrogens (tertiary/aromatic N) is 1. The zero-order valence-corrected chi connectivity index (χ0v) is 31.5. The van der Waals surface area contributed by atoms with Crippen LogP contribution in [0, 0.1) is 56.7 Å². The lowest BCUT2D eigenvalue weighted by Gasteiger charge is -2.71. The normalized spacial score (nSPS) is 46.0. The molecule has 0 heterocycles. The number of ether oxygens (including phenoxy) is 1. The molecule has 1 aromatic carbocycles. The van der Waals surface area contributed by atoms with Gasteiger partial charge in [0.05, 0.1) is 30.4 Å². The molecule has 2 spiro atoms. The summed E-state index contributed by atoms with van der Waals surface area (Å²) in [4.78, 5) is 30.6. The van der Waals surface area contributed by atoms with Crippen molar-refractivity contribution in [2.24, 2.45) is 56.7 Å². The van der Waals surface area contributed by atoms with Crippen LogP contribution in [0.1, 0.15) is 120 Å². The Balaban J connectivity index is 1.10. The molecule has 1 amide bonds. The Morgan fingerprint density at radius 2 is 1.53 bits per heavy atom. The molecular formula is C44H56F3NO5. The first-order valence-corrected chi connectivity index (χ1v) is 20.5. The lowest BCUT2D eigenvalue weighted by Crippen LogP contribution is -2.67. The zero-order valence-electron chi connectivity index (χ0n) is 31.5. The van der Waals surface area contributed by atoms with Gasteiger partial charge in [-0.15, -0.1) is 0 Å². The van der Waals surface area contributed by atoms with Gasteiger partial charge in [0.2, 0.25) is 0 Å². The summed E-state index contributed by atoms with van der Waals surface area (Å²) in [6, 6.07) is 4.77. The maximum Gasteiger partial charge on any atom is 0.416 e. The van der Waals surface area contributed by atoms with Crippen LogP contribution in [0.4, 0.5) is 18.0 Å². The fourth-order valence-corrected chi connectivity index (χ4v) is 15.2. The number of amides is 1. The number of allylic oxidation sites excluding steroid dienone is 4. The lowest BCUT2D eigenvalue weighted by atomic mass is 9.32. The minimum absolute atomic E-state index is 0.0101. The van der Waals surface area contributed by atoms with Crippen LogP contribution < -0.4 is 0 Å². The molecule has 11 rings (SSSR count). The highest BCUT2D eigenvalue weighted by Gasteiger charge is 2.74. The molecule has 6 bridgehead atoms. The number of carbonyl (C=O) groups excluding carboxylic acids is 2. The molecule has 0 aromatic heterocycles. The van der Waals surface area contributed by atoms with E-state index < -0.39 is 45.5 Å². The van der Waals surface area contributed by atoms with Gasteiger partial charge in [-0.2, -0.15) is 13.2 Å². The van der Waals surface area contributed by atoms with Crippen LogP contribution in [0.3, 0.4) is 0 Å². The first kappa shape index (κ1) is 36.0. The average molecular weight is 736 g/mol. The Morgan fingerprint density at radius 3 is 2.19 bits per heavy atom. The number of aliphatic hydroxyl groups excluding tert-OH is 1. The SMILES string of the molecule is CCOC(=O)N(CC12CC3CC(CC(C3)C1)C2)CC1(O)CCC2C34C=CC5(C=C3C(=O)c3cccc(C(F)(F)F)c3)CC(O)CCC5(C)C4CCC21C. The van der Waals surface area contributed by atoms with Crippen molar-refractivity contribution in [1.82, 2.24) is 4.90 Å². The monoisotopic (exact) mass is 735 g/mol. The topological polar surface area (TPSA) is 87.1 Å². The molecule has 8 atom stereocenters. The van der Waals surface area contributed by atoms with E-state index >= 15 is 0 Å². The second kappa shape index (κ2) is 11.7. The molecular weight excluding hydrogens is 679 g/mol. The molecule has 288 valence electrons. The molecule has 6 nitrogen and oxygen atoms in total. The summed E-state index contributed by atoms with van der Waals surface area (Å²) in [6.07, 6.45) is 12.6. The highest BCUT2D eigenvalue weighted by Crippen LogP contribution is 2.78. The van der Waals surface area contributed by atoms with Gasteiger partial charge in [0.1, 0.15) is 0 Å². The Labute approximate surface area is 311 Å². The molecule has 10 aliphatic carbocycles. The van der Waals surface area contributed by atoms with Crippen molar-refractivity contribution < 1.29 is 37.7 Å². The van der Waals surface area contributed by atoms with E-state index in [4.69, 9.17) is 4.74 Å². The minimum atomic E-state index is -4.59. The van der Waals surface area contributed by atoms with Crippen molar-refractivity contribution >= 4 is 11.9 Å². The number of aliphatic hydroxyl groups is 2. The predicted molar refractivity (Wildman–Crippen MR) is 194 cm³/mol. The van der Waals surface area contributed by atoms with Gasteiger partial charge in [-0.05, 0) is 143 Å². The van der Waals surface area contributed by atoms with Crippen LogP contribution in [0.5, 0.6) is 0 Å². The smallest absolute Gasteiger partial charge is 0.416 e. The standard InChI is InChI=1S/C44H56F3NO5/c1-4-53-37(51)48(25-40-20-27-16-28(21-40)18-29(17-27)22-40)26-42(52)13-10-35-39(42,3)12-9-34-38(2)11-8-32(49)23-41(38)14-15-43(34,35)33(24-41)36(50)30-6-5-7-31(19-30)44(45,46)47/h5-7,14-15,19,24,27-29,32,34-35,49,52H,4,8-13,16-18,20-23,25-26H2,1-3H3. The van der Waals surface area contributed by atoms with E-state index in [0.717, 1.165) is 62.0 Å². The number of hydrogen-bond donors (Lipinski definition) is 2. The van der Waals surface area contributed by atoms with Crippen molar-refractivity contribution in [3.8, 4) is 0 Å². The molecule has 9 heteroatoms. The quantitative estimate of drug-likeness (QED) is 0.216. The van der Waals surface area contributed by atoms with Crippen LogP contribution in [0.2, 0.25) is 0 Å². The first-order valence-electron chi connectivity index (χ1n) is 20.5. The van der Waals surface area contributed by atoms with Gasteiger partial charge in [0.15, 0.2) is 5.78 Å². The molecule has 2 N–H and O–H groups in total. The summed E-state index contributed by atoms with van der Waals surface area (Å²) in [5, 5.41) is 24.1. The van der Waals surface area contributed by atoms with E-state index in [-0.39, 0.29) is 47.5 Å². The van der Waals surface area contributed by atoms with Gasteiger partial charge in [-0.25, -0.2) is 4.79 Å². The Kier molecular flexibility index (Phi) is 7.94. The molecule has 53 heavy (non-hydrogen) atoms. The molecule has 7 saturated carbocycles. The summed E-state index contributed by atoms with van der Waals surface area (Å²) in [7, 11) is 0. The van der Waals surface area contributed by atoms with Crippen LogP contribution in [-0.2, 0) is 10.9 Å². The van der Waals surface area contributed by atoms with Crippen molar-refractivity contribution in [2.75, 3.05) is 19.7 Å². The fraction of sp³-hybridized carbons (Fsp3) is 0.727. The van der Waals surface area contributed by atoms with Gasteiger partial charge in [0, 0.05) is 33.9 Å². The summed E-state index contributed by atoms with van der Waals surface area (Å²) >= 11 is 0. The van der Waals surface area contributed by atoms with Gasteiger partial charge >= 0.3 is 12.3 Å². The van der Waals surface area contributed by atoms with E-state index in [1.165, 1.54) is 31.4 Å². The number of carbonyl (C=O) groups is 2. The van der Waals surface area contributed by atoms with Gasteiger partial charge in [0.25, 0.3) is 0 Å². The minimum Gasteiger partial charge on any atom is -0.450 e. The number of halogens is 3. The van der Waals surface area contributed by atoms with Crippen molar-refractivity contribution in [3.63, 3.8) is 0 Å². The fourth-order valence-electron chi connectivity index (χ4n) is 15.2. The molecule has 10 aliphatic rings. The van der Waals surface area contributed by atoms with Crippen LogP contribution in [0.15, 0.2) is 48.1 Å². The number of fused-ring (bicyclic) bond motifs is 1. The average Bonchev–Trinajstić information content (AvgIpc) is 3.36. The third kappa shape index (κ3) is 5.03. The third-order valence-corrected chi connectivity index (χ3v) is 17.1. The first-order chi connectivity index (χ1) is 25.0. The molecule has 8 unspecified atom stereocenters. The van der Waals surface area contributed by atoms with E-state index in [1.54, 1.807) is 0 Å². The van der Waals surface area contributed by atoms with Gasteiger partial charge in [-0.1, -0.05) is 44.2 Å². The Bertz CT molecular complexity index is 1730. The summed E-state index contributed by atoms with van der Waals surface area (Å²) in [5.41, 5.74) is -3.87. The second-order valence-corrected chi connectivity index (χ2v) is 19.7. The zero-order chi connectivity index (χ0) is 37.4. The van der Waals surface area contributed by atoms with Gasteiger partial charge in [-0.3, -0.25) is 4.79 Å². The van der Waals surface area contributed by atoms with Crippen LogP contribution >= 0.6 is 0 Å². The second-order valence-electron chi connectivity index (χ2n) is 19.7. The van der Waals surface area contributed by atoms with Crippen molar-refractivity contribution in [1.29, 1.82) is 0 Å². The number of rotatable bonds is 7. The van der Waals surface area contributed by atoms with Crippen LogP contribution in [0.25, 0.3) is 0 Å². The molecule has 0 radical (unpaired) electrons. The number of hydrogen-bond acceptors (Lipinski definition) is 5. The molecule has 0 aliphatic heterocycles. The summed E-state index contributed by atoms with van der Waals surface area (Å²) < 4.78 is 47.5. The molecule has 1 aromatic rings. The van der Waals surface area contributed by atoms with Crippen molar-refractivity contribution in [3.05, 3.63) is 59.2 Å². The molecule has 7 fully saturated rings. The number of alkyl halides is 3. The third-order valence-electron chi connectivity index (χ3n) is 17.1. The Hall–Kier alpha value is -2.65.